The Hall–Kier alpha value is -2.38. The minimum atomic E-state index is -3.61. The van der Waals surface area contributed by atoms with E-state index >= 15 is 0 Å². The highest BCUT2D eigenvalue weighted by atomic mass is 35.5. The minimum Gasteiger partial charge on any atom is -0.449 e. The van der Waals surface area contributed by atoms with Crippen molar-refractivity contribution in [2.24, 2.45) is 0 Å². The second kappa shape index (κ2) is 7.88. The summed E-state index contributed by atoms with van der Waals surface area (Å²) in [5, 5.41) is 3.13. The summed E-state index contributed by atoms with van der Waals surface area (Å²) in [5.41, 5.74) is 1.07. The molecule has 0 spiro atoms. The molecule has 0 aliphatic heterocycles. The maximum absolute atomic E-state index is 12.3. The number of anilines is 1. The standard InChI is InChI=1S/C18H18ClNO5S/c1-11-14(19)8-6-9-15(11)20-17(21)12(2)25-18(22)13-7-4-5-10-16(13)26(3,23)24/h4-10,12H,1-3H3,(H,20,21). The molecular weight excluding hydrogens is 378 g/mol. The largest absolute Gasteiger partial charge is 0.449 e. The number of hydrogen-bond donors (Lipinski definition) is 1. The lowest BCUT2D eigenvalue weighted by Gasteiger charge is -2.16. The van der Waals surface area contributed by atoms with Crippen molar-refractivity contribution in [2.75, 3.05) is 11.6 Å². The van der Waals surface area contributed by atoms with Crippen molar-refractivity contribution in [3.05, 3.63) is 58.6 Å². The molecule has 0 radical (unpaired) electrons. The predicted molar refractivity (Wildman–Crippen MR) is 99.2 cm³/mol. The smallest absolute Gasteiger partial charge is 0.340 e. The minimum absolute atomic E-state index is 0.117. The topological polar surface area (TPSA) is 89.5 Å². The average Bonchev–Trinajstić information content (AvgIpc) is 2.58. The van der Waals surface area contributed by atoms with Crippen LogP contribution in [0.5, 0.6) is 0 Å². The Bertz CT molecular complexity index is 956. The van der Waals surface area contributed by atoms with Gasteiger partial charge >= 0.3 is 5.97 Å². The average molecular weight is 396 g/mol. The highest BCUT2D eigenvalue weighted by Gasteiger charge is 2.24. The summed E-state index contributed by atoms with van der Waals surface area (Å²) in [5.74, 6) is -1.45. The van der Waals surface area contributed by atoms with Gasteiger partial charge in [-0.05, 0) is 43.7 Å². The van der Waals surface area contributed by atoms with Crippen LogP contribution in [-0.2, 0) is 19.4 Å². The quantitative estimate of drug-likeness (QED) is 0.785. The van der Waals surface area contributed by atoms with Crippen LogP contribution in [0.15, 0.2) is 47.4 Å². The fourth-order valence-corrected chi connectivity index (χ4v) is 3.26. The van der Waals surface area contributed by atoms with Crippen LogP contribution in [0.2, 0.25) is 5.02 Å². The van der Waals surface area contributed by atoms with Crippen LogP contribution in [0.1, 0.15) is 22.8 Å². The van der Waals surface area contributed by atoms with E-state index in [1.165, 1.54) is 31.2 Å². The monoisotopic (exact) mass is 395 g/mol. The number of rotatable bonds is 5. The summed E-state index contributed by atoms with van der Waals surface area (Å²) in [4.78, 5) is 24.4. The fourth-order valence-electron chi connectivity index (χ4n) is 2.21. The van der Waals surface area contributed by atoms with Crippen molar-refractivity contribution in [3.8, 4) is 0 Å². The number of nitrogens with one attached hydrogen (secondary N) is 1. The number of carbonyl (C=O) groups excluding carboxylic acids is 2. The fraction of sp³-hybridized carbons (Fsp3) is 0.222. The van der Waals surface area contributed by atoms with Gasteiger partial charge in [-0.2, -0.15) is 0 Å². The molecule has 1 atom stereocenters. The molecule has 0 fully saturated rings. The zero-order valence-corrected chi connectivity index (χ0v) is 16.0. The van der Waals surface area contributed by atoms with Crippen LogP contribution >= 0.6 is 11.6 Å². The number of sulfone groups is 1. The lowest BCUT2D eigenvalue weighted by atomic mass is 10.2. The lowest BCUT2D eigenvalue weighted by Crippen LogP contribution is -2.30. The van der Waals surface area contributed by atoms with E-state index in [0.29, 0.717) is 16.3 Å². The van der Waals surface area contributed by atoms with E-state index in [4.69, 9.17) is 16.3 Å². The SMILES string of the molecule is Cc1c(Cl)cccc1NC(=O)C(C)OC(=O)c1ccccc1S(C)(=O)=O. The molecule has 0 saturated carbocycles. The highest BCUT2D eigenvalue weighted by molar-refractivity contribution is 7.90. The molecule has 1 N–H and O–H groups in total. The molecule has 1 unspecified atom stereocenters. The molecule has 2 rings (SSSR count). The van der Waals surface area contributed by atoms with E-state index in [-0.39, 0.29) is 10.5 Å². The molecule has 26 heavy (non-hydrogen) atoms. The van der Waals surface area contributed by atoms with Crippen LogP contribution in [0, 0.1) is 6.92 Å². The first-order valence-electron chi connectivity index (χ1n) is 7.67. The first-order valence-corrected chi connectivity index (χ1v) is 9.94. The van der Waals surface area contributed by atoms with E-state index in [0.717, 1.165) is 6.26 Å². The van der Waals surface area contributed by atoms with Gasteiger partial charge in [0.05, 0.1) is 10.5 Å². The molecule has 8 heteroatoms. The summed E-state index contributed by atoms with van der Waals surface area (Å²) in [6.07, 6.45) is -0.134. The molecule has 0 aliphatic rings. The maximum Gasteiger partial charge on any atom is 0.340 e. The molecule has 2 aromatic rings. The summed E-state index contributed by atoms with van der Waals surface area (Å²) >= 11 is 6.01. The van der Waals surface area contributed by atoms with Gasteiger partial charge in [-0.3, -0.25) is 4.79 Å². The van der Waals surface area contributed by atoms with Crippen LogP contribution in [0.4, 0.5) is 5.69 Å². The van der Waals surface area contributed by atoms with Crippen LogP contribution in [-0.4, -0.2) is 32.7 Å². The number of hydrogen-bond acceptors (Lipinski definition) is 5. The molecule has 0 saturated heterocycles. The van der Waals surface area contributed by atoms with Gasteiger partial charge in [0.15, 0.2) is 15.9 Å². The third kappa shape index (κ3) is 4.62. The van der Waals surface area contributed by atoms with Crippen molar-refractivity contribution in [1.29, 1.82) is 0 Å². The van der Waals surface area contributed by atoms with Gasteiger partial charge in [0, 0.05) is 17.0 Å². The normalized spacial score (nSPS) is 12.3. The number of carbonyl (C=O) groups is 2. The van der Waals surface area contributed by atoms with Crippen LogP contribution < -0.4 is 5.32 Å². The third-order valence-electron chi connectivity index (χ3n) is 3.69. The number of ether oxygens (including phenoxy) is 1. The van der Waals surface area contributed by atoms with Crippen molar-refractivity contribution in [3.63, 3.8) is 0 Å². The third-order valence-corrected chi connectivity index (χ3v) is 5.25. The van der Waals surface area contributed by atoms with Crippen molar-refractivity contribution >= 4 is 39.0 Å². The summed E-state index contributed by atoms with van der Waals surface area (Å²) in [6, 6.07) is 10.7. The predicted octanol–water partition coefficient (Wildman–Crippen LogP) is 3.24. The molecule has 6 nitrogen and oxygen atoms in total. The summed E-state index contributed by atoms with van der Waals surface area (Å²) < 4.78 is 28.7. The van der Waals surface area contributed by atoms with E-state index in [1.54, 1.807) is 25.1 Å². The Labute approximate surface area is 157 Å². The number of esters is 1. The molecule has 0 aliphatic carbocycles. The molecule has 0 bridgehead atoms. The first kappa shape index (κ1) is 19.9. The second-order valence-electron chi connectivity index (χ2n) is 5.72. The summed E-state index contributed by atoms with van der Waals surface area (Å²) in [6.45, 7) is 3.15. The molecule has 0 heterocycles. The zero-order chi connectivity index (χ0) is 19.5. The first-order chi connectivity index (χ1) is 12.1. The van der Waals surface area contributed by atoms with E-state index in [2.05, 4.69) is 5.32 Å². The van der Waals surface area contributed by atoms with Crippen LogP contribution in [0.3, 0.4) is 0 Å². The Balaban J connectivity index is 2.15. The van der Waals surface area contributed by atoms with E-state index in [1.807, 2.05) is 0 Å². The Morgan fingerprint density at radius 2 is 1.77 bits per heavy atom. The molecule has 0 aromatic heterocycles. The Morgan fingerprint density at radius 1 is 1.12 bits per heavy atom. The molecular formula is C18H18ClNO5S. The van der Waals surface area contributed by atoms with Crippen LogP contribution in [0.25, 0.3) is 0 Å². The molecule has 138 valence electrons. The van der Waals surface area contributed by atoms with Gasteiger partial charge in [-0.1, -0.05) is 29.8 Å². The van der Waals surface area contributed by atoms with Gasteiger partial charge in [0.1, 0.15) is 0 Å². The van der Waals surface area contributed by atoms with Gasteiger partial charge < -0.3 is 10.1 Å². The van der Waals surface area contributed by atoms with Gasteiger partial charge in [-0.15, -0.1) is 0 Å². The van der Waals surface area contributed by atoms with Gasteiger partial charge in [-0.25, -0.2) is 13.2 Å². The van der Waals surface area contributed by atoms with Gasteiger partial charge in [0.2, 0.25) is 0 Å². The number of halogens is 1. The molecule has 1 amide bonds. The number of benzene rings is 2. The van der Waals surface area contributed by atoms with E-state index in [9.17, 15) is 18.0 Å². The molecule has 2 aromatic carbocycles. The summed E-state index contributed by atoms with van der Waals surface area (Å²) in [7, 11) is -3.61. The second-order valence-corrected chi connectivity index (χ2v) is 8.11. The lowest BCUT2D eigenvalue weighted by molar-refractivity contribution is -0.123. The zero-order valence-electron chi connectivity index (χ0n) is 14.4. The van der Waals surface area contributed by atoms with Crippen molar-refractivity contribution in [2.45, 2.75) is 24.8 Å². The number of amides is 1. The van der Waals surface area contributed by atoms with Crippen molar-refractivity contribution in [1.82, 2.24) is 0 Å². The Kier molecular flexibility index (Phi) is 6.05. The van der Waals surface area contributed by atoms with Gasteiger partial charge in [0.25, 0.3) is 5.91 Å². The van der Waals surface area contributed by atoms with E-state index < -0.39 is 27.8 Å². The van der Waals surface area contributed by atoms with Crippen molar-refractivity contribution < 1.29 is 22.7 Å². The highest BCUT2D eigenvalue weighted by Crippen LogP contribution is 2.23. The maximum atomic E-state index is 12.3. The Morgan fingerprint density at radius 3 is 2.42 bits per heavy atom.